The molecule has 1 heterocycles. The third-order valence-electron chi connectivity index (χ3n) is 3.48. The molecule has 1 aromatic carbocycles. The van der Waals surface area contributed by atoms with Gasteiger partial charge >= 0.3 is 0 Å². The normalized spacial score (nSPS) is 18.3. The summed E-state index contributed by atoms with van der Waals surface area (Å²) < 4.78 is 0. The third kappa shape index (κ3) is 2.06. The maximum Gasteiger partial charge on any atom is 0.253 e. The second-order valence-corrected chi connectivity index (χ2v) is 4.73. The van der Waals surface area contributed by atoms with E-state index in [0.717, 1.165) is 18.4 Å². The van der Waals surface area contributed by atoms with Crippen molar-refractivity contribution in [3.8, 4) is 5.75 Å². The van der Waals surface area contributed by atoms with Crippen LogP contribution in [0.1, 0.15) is 31.2 Å². The molecule has 0 aromatic heterocycles. The number of nitrogens with one attached hydrogen (secondary N) is 2. The van der Waals surface area contributed by atoms with E-state index in [1.54, 1.807) is 6.20 Å². The average molecular weight is 244 g/mol. The molecule has 1 aromatic rings. The SMILES string of the molecule is O=C(NC1CCCC1)C1=CNOc2ccccc21. The summed E-state index contributed by atoms with van der Waals surface area (Å²) in [7, 11) is 0. The minimum atomic E-state index is -0.0230. The first-order valence-electron chi connectivity index (χ1n) is 6.37. The summed E-state index contributed by atoms with van der Waals surface area (Å²) in [6.07, 6.45) is 6.21. The standard InChI is InChI=1S/C14H16N2O2/c17-14(16-10-5-1-2-6-10)12-9-15-18-13-8-4-3-7-11(12)13/h3-4,7-10,15H,1-2,5-6H2,(H,16,17). The van der Waals surface area contributed by atoms with Gasteiger partial charge in [0.2, 0.25) is 0 Å². The Balaban J connectivity index is 1.79. The summed E-state index contributed by atoms with van der Waals surface area (Å²) in [5.74, 6) is 0.668. The number of carbonyl (C=O) groups excluding carboxylic acids is 1. The van der Waals surface area contributed by atoms with Crippen molar-refractivity contribution in [2.24, 2.45) is 0 Å². The molecule has 0 spiro atoms. The molecule has 4 nitrogen and oxygen atoms in total. The zero-order chi connectivity index (χ0) is 12.4. The highest BCUT2D eigenvalue weighted by molar-refractivity contribution is 6.20. The first-order valence-corrected chi connectivity index (χ1v) is 6.37. The largest absolute Gasteiger partial charge is 0.382 e. The highest BCUT2D eigenvalue weighted by Gasteiger charge is 2.23. The van der Waals surface area contributed by atoms with Crippen LogP contribution in [0.2, 0.25) is 0 Å². The molecule has 94 valence electrons. The van der Waals surface area contributed by atoms with Gasteiger partial charge in [0.1, 0.15) is 0 Å². The number of para-hydroxylation sites is 1. The molecule has 0 unspecified atom stereocenters. The van der Waals surface area contributed by atoms with Crippen LogP contribution < -0.4 is 15.6 Å². The van der Waals surface area contributed by atoms with Crippen molar-refractivity contribution in [3.05, 3.63) is 36.0 Å². The number of hydrogen-bond donors (Lipinski definition) is 2. The van der Waals surface area contributed by atoms with Crippen LogP contribution in [0.5, 0.6) is 5.75 Å². The van der Waals surface area contributed by atoms with Gasteiger partial charge in [-0.25, -0.2) is 5.48 Å². The van der Waals surface area contributed by atoms with Gasteiger partial charge < -0.3 is 10.2 Å². The Morgan fingerprint density at radius 1 is 1.28 bits per heavy atom. The van der Waals surface area contributed by atoms with E-state index in [4.69, 9.17) is 4.84 Å². The van der Waals surface area contributed by atoms with Crippen molar-refractivity contribution in [3.63, 3.8) is 0 Å². The zero-order valence-corrected chi connectivity index (χ0v) is 10.1. The molecule has 2 N–H and O–H groups in total. The fourth-order valence-electron chi connectivity index (χ4n) is 2.53. The minimum Gasteiger partial charge on any atom is -0.382 e. The molecule has 18 heavy (non-hydrogen) atoms. The summed E-state index contributed by atoms with van der Waals surface area (Å²) in [6.45, 7) is 0. The quantitative estimate of drug-likeness (QED) is 0.836. The lowest BCUT2D eigenvalue weighted by molar-refractivity contribution is -0.116. The van der Waals surface area contributed by atoms with Gasteiger partial charge in [-0.15, -0.1) is 0 Å². The number of rotatable bonds is 2. The van der Waals surface area contributed by atoms with Crippen LogP contribution in [0.15, 0.2) is 30.5 Å². The molecule has 4 heteroatoms. The summed E-state index contributed by atoms with van der Waals surface area (Å²) in [4.78, 5) is 17.5. The van der Waals surface area contributed by atoms with E-state index < -0.39 is 0 Å². The van der Waals surface area contributed by atoms with Crippen LogP contribution in [-0.4, -0.2) is 11.9 Å². The van der Waals surface area contributed by atoms with Crippen LogP contribution in [0.3, 0.4) is 0 Å². The summed E-state index contributed by atoms with van der Waals surface area (Å²) in [6, 6.07) is 7.87. The number of benzene rings is 1. The Kier molecular flexibility index (Phi) is 2.92. The van der Waals surface area contributed by atoms with Crippen LogP contribution in [0.25, 0.3) is 5.57 Å². The molecular formula is C14H16N2O2. The van der Waals surface area contributed by atoms with Crippen LogP contribution >= 0.6 is 0 Å². The van der Waals surface area contributed by atoms with E-state index in [0.29, 0.717) is 17.4 Å². The van der Waals surface area contributed by atoms with Gasteiger partial charge in [-0.05, 0) is 18.9 Å². The fraction of sp³-hybridized carbons (Fsp3) is 0.357. The lowest BCUT2D eigenvalue weighted by atomic mass is 10.0. The molecule has 1 saturated carbocycles. The van der Waals surface area contributed by atoms with E-state index in [1.807, 2.05) is 24.3 Å². The lowest BCUT2D eigenvalue weighted by Gasteiger charge is -2.20. The fourth-order valence-corrected chi connectivity index (χ4v) is 2.53. The molecule has 2 aliphatic rings. The molecule has 1 aliphatic heterocycles. The topological polar surface area (TPSA) is 50.4 Å². The maximum atomic E-state index is 12.2. The molecule has 1 aliphatic carbocycles. The molecule has 3 rings (SSSR count). The summed E-state index contributed by atoms with van der Waals surface area (Å²) >= 11 is 0. The Morgan fingerprint density at radius 3 is 2.89 bits per heavy atom. The monoisotopic (exact) mass is 244 g/mol. The van der Waals surface area contributed by atoms with E-state index in [2.05, 4.69) is 10.8 Å². The summed E-state index contributed by atoms with van der Waals surface area (Å²) in [5, 5.41) is 3.09. The molecule has 0 saturated heterocycles. The molecule has 1 fully saturated rings. The predicted octanol–water partition coefficient (Wildman–Crippen LogP) is 1.98. The average Bonchev–Trinajstić information content (AvgIpc) is 2.91. The Bertz CT molecular complexity index is 490. The highest BCUT2D eigenvalue weighted by Crippen LogP contribution is 2.28. The first-order chi connectivity index (χ1) is 8.84. The Labute approximate surface area is 106 Å². The minimum absolute atomic E-state index is 0.0230. The van der Waals surface area contributed by atoms with Crippen molar-refractivity contribution in [1.82, 2.24) is 10.8 Å². The Hall–Kier alpha value is -1.97. The van der Waals surface area contributed by atoms with Crippen LogP contribution in [0.4, 0.5) is 0 Å². The lowest BCUT2D eigenvalue weighted by Crippen LogP contribution is -2.34. The van der Waals surface area contributed by atoms with Gasteiger partial charge in [0.15, 0.2) is 5.75 Å². The maximum absolute atomic E-state index is 12.2. The number of fused-ring (bicyclic) bond motifs is 1. The Morgan fingerprint density at radius 2 is 2.06 bits per heavy atom. The van der Waals surface area contributed by atoms with Gasteiger partial charge in [0, 0.05) is 17.8 Å². The van der Waals surface area contributed by atoms with E-state index in [-0.39, 0.29) is 5.91 Å². The van der Waals surface area contributed by atoms with Crippen molar-refractivity contribution < 1.29 is 9.63 Å². The van der Waals surface area contributed by atoms with Gasteiger partial charge in [-0.3, -0.25) is 4.79 Å². The van der Waals surface area contributed by atoms with Crippen molar-refractivity contribution in [1.29, 1.82) is 0 Å². The van der Waals surface area contributed by atoms with Gasteiger partial charge in [-0.1, -0.05) is 31.0 Å². The van der Waals surface area contributed by atoms with E-state index in [1.165, 1.54) is 12.8 Å². The molecule has 0 bridgehead atoms. The molecule has 0 atom stereocenters. The smallest absolute Gasteiger partial charge is 0.253 e. The summed E-state index contributed by atoms with van der Waals surface area (Å²) in [5.41, 5.74) is 4.16. The molecule has 0 radical (unpaired) electrons. The number of amides is 1. The molecular weight excluding hydrogens is 228 g/mol. The van der Waals surface area contributed by atoms with Gasteiger partial charge in [0.05, 0.1) is 5.57 Å². The number of hydrogen-bond acceptors (Lipinski definition) is 3. The van der Waals surface area contributed by atoms with E-state index >= 15 is 0 Å². The van der Waals surface area contributed by atoms with Gasteiger partial charge in [0.25, 0.3) is 5.91 Å². The highest BCUT2D eigenvalue weighted by atomic mass is 16.6. The predicted molar refractivity (Wildman–Crippen MR) is 68.6 cm³/mol. The van der Waals surface area contributed by atoms with Crippen molar-refractivity contribution in [2.45, 2.75) is 31.7 Å². The van der Waals surface area contributed by atoms with E-state index in [9.17, 15) is 4.79 Å². The molecule has 1 amide bonds. The van der Waals surface area contributed by atoms with Gasteiger partial charge in [-0.2, -0.15) is 0 Å². The first kappa shape index (κ1) is 11.1. The third-order valence-corrected chi connectivity index (χ3v) is 3.48. The van der Waals surface area contributed by atoms with Crippen LogP contribution in [-0.2, 0) is 4.79 Å². The second kappa shape index (κ2) is 4.72. The number of hydroxylamine groups is 1. The van der Waals surface area contributed by atoms with Crippen molar-refractivity contribution >= 4 is 11.5 Å². The zero-order valence-electron chi connectivity index (χ0n) is 10.1. The second-order valence-electron chi connectivity index (χ2n) is 4.73. The number of carbonyl (C=O) groups is 1. The van der Waals surface area contributed by atoms with Crippen LogP contribution in [0, 0.1) is 0 Å². The van der Waals surface area contributed by atoms with Crippen molar-refractivity contribution in [2.75, 3.05) is 0 Å².